The fourth-order valence-corrected chi connectivity index (χ4v) is 3.31. The van der Waals surface area contributed by atoms with Crippen molar-refractivity contribution in [3.8, 4) is 0 Å². The van der Waals surface area contributed by atoms with Gasteiger partial charge in [0.05, 0.1) is 6.20 Å². The Morgan fingerprint density at radius 1 is 1.33 bits per heavy atom. The van der Waals surface area contributed by atoms with E-state index in [0.29, 0.717) is 0 Å². The summed E-state index contributed by atoms with van der Waals surface area (Å²) < 4.78 is 7.30. The van der Waals surface area contributed by atoms with Crippen molar-refractivity contribution in [2.45, 2.75) is 84.0 Å². The molecule has 1 aliphatic rings. The number of carbonyl (C=O) groups excluding carboxylic acids is 1. The lowest BCUT2D eigenvalue weighted by molar-refractivity contribution is 0.0477. The second-order valence-corrected chi connectivity index (χ2v) is 7.84. The van der Waals surface area contributed by atoms with Crippen LogP contribution in [0.4, 0.5) is 4.79 Å². The summed E-state index contributed by atoms with van der Waals surface area (Å²) in [6.45, 7) is 9.89. The largest absolute Gasteiger partial charge is 0.444 e. The van der Waals surface area contributed by atoms with E-state index in [1.165, 1.54) is 17.7 Å². The molecule has 1 aromatic heterocycles. The smallest absolute Gasteiger partial charge is 0.407 e. The Kier molecular flexibility index (Phi) is 5.91. The maximum atomic E-state index is 12.1. The van der Waals surface area contributed by atoms with Crippen LogP contribution < -0.4 is 10.6 Å². The van der Waals surface area contributed by atoms with E-state index in [1.54, 1.807) is 0 Å². The number of alkyl carbamates (subject to hydrolysis) is 1. The Morgan fingerprint density at radius 3 is 2.50 bits per heavy atom. The third kappa shape index (κ3) is 4.97. The van der Waals surface area contributed by atoms with Gasteiger partial charge in [0.15, 0.2) is 0 Å². The molecular formula is C18H32N4O2. The highest BCUT2D eigenvalue weighted by atomic mass is 16.6. The van der Waals surface area contributed by atoms with E-state index < -0.39 is 5.60 Å². The number of amides is 1. The first-order chi connectivity index (χ1) is 11.2. The summed E-state index contributed by atoms with van der Waals surface area (Å²) >= 11 is 0. The number of aryl methyl sites for hydroxylation is 1. The lowest BCUT2D eigenvalue weighted by atomic mass is 9.89. The normalized spacial score (nSPS) is 22.9. The fraction of sp³-hybridized carbons (Fsp3) is 0.778. The van der Waals surface area contributed by atoms with E-state index in [4.69, 9.17) is 4.74 Å². The summed E-state index contributed by atoms with van der Waals surface area (Å²) in [5.74, 6) is 0. The van der Waals surface area contributed by atoms with E-state index >= 15 is 0 Å². The van der Waals surface area contributed by atoms with Crippen molar-refractivity contribution < 1.29 is 9.53 Å². The van der Waals surface area contributed by atoms with Gasteiger partial charge in [0, 0.05) is 36.4 Å². The van der Waals surface area contributed by atoms with Crippen LogP contribution in [-0.4, -0.2) is 33.6 Å². The molecule has 0 unspecified atom stereocenters. The van der Waals surface area contributed by atoms with Crippen LogP contribution in [0.15, 0.2) is 6.20 Å². The van der Waals surface area contributed by atoms with Crippen LogP contribution in [0.25, 0.3) is 0 Å². The average molecular weight is 336 g/mol. The second kappa shape index (κ2) is 7.55. The zero-order valence-corrected chi connectivity index (χ0v) is 15.8. The number of aromatic nitrogens is 2. The predicted molar refractivity (Wildman–Crippen MR) is 94.9 cm³/mol. The highest BCUT2D eigenvalue weighted by Crippen LogP contribution is 2.24. The quantitative estimate of drug-likeness (QED) is 0.886. The molecule has 2 rings (SSSR count). The summed E-state index contributed by atoms with van der Waals surface area (Å²) in [5, 5.41) is 11.1. The minimum absolute atomic E-state index is 0.105. The van der Waals surface area contributed by atoms with Gasteiger partial charge < -0.3 is 15.4 Å². The summed E-state index contributed by atoms with van der Waals surface area (Å²) in [6, 6.07) is 0.554. The van der Waals surface area contributed by atoms with Crippen LogP contribution >= 0.6 is 0 Å². The number of hydrogen-bond acceptors (Lipinski definition) is 4. The molecule has 1 fully saturated rings. The molecule has 0 bridgehead atoms. The maximum Gasteiger partial charge on any atom is 0.407 e. The first-order valence-electron chi connectivity index (χ1n) is 8.91. The van der Waals surface area contributed by atoms with Gasteiger partial charge in [0.25, 0.3) is 0 Å². The van der Waals surface area contributed by atoms with Crippen LogP contribution in [0, 0.1) is 6.92 Å². The first-order valence-corrected chi connectivity index (χ1v) is 8.91. The lowest BCUT2D eigenvalue weighted by Crippen LogP contribution is -2.53. The Labute approximate surface area is 145 Å². The van der Waals surface area contributed by atoms with Crippen molar-refractivity contribution in [1.82, 2.24) is 20.4 Å². The van der Waals surface area contributed by atoms with Gasteiger partial charge in [-0.05, 0) is 47.5 Å². The third-order valence-electron chi connectivity index (χ3n) is 4.67. The number of hydrogen-bond donors (Lipinski definition) is 2. The van der Waals surface area contributed by atoms with Crippen LogP contribution in [0.5, 0.6) is 0 Å². The van der Waals surface area contributed by atoms with Gasteiger partial charge in [-0.1, -0.05) is 12.8 Å². The second-order valence-electron chi connectivity index (χ2n) is 7.84. The standard InChI is InChI=1S/C18H32N4O2/c1-12(14-11-19-22(6)13(14)2)20-15-9-7-8-10-16(15)21-17(23)24-18(3,4)5/h11-12,15-16,20H,7-10H2,1-6H3,(H,21,23)/t12-,15-,16-/m1/s1. The number of nitrogens with one attached hydrogen (secondary N) is 2. The van der Waals surface area contributed by atoms with E-state index in [0.717, 1.165) is 19.3 Å². The monoisotopic (exact) mass is 336 g/mol. The van der Waals surface area contributed by atoms with Gasteiger partial charge in [-0.25, -0.2) is 4.79 Å². The lowest BCUT2D eigenvalue weighted by Gasteiger charge is -2.35. The molecule has 0 radical (unpaired) electrons. The highest BCUT2D eigenvalue weighted by Gasteiger charge is 2.29. The molecule has 1 heterocycles. The van der Waals surface area contributed by atoms with E-state index in [9.17, 15) is 4.79 Å². The van der Waals surface area contributed by atoms with Crippen molar-refractivity contribution in [2.75, 3.05) is 0 Å². The van der Waals surface area contributed by atoms with Gasteiger partial charge in [0.1, 0.15) is 5.60 Å². The third-order valence-corrected chi connectivity index (χ3v) is 4.67. The minimum atomic E-state index is -0.470. The zero-order chi connectivity index (χ0) is 17.9. The molecule has 0 aromatic carbocycles. The predicted octanol–water partition coefficient (Wildman–Crippen LogP) is 3.22. The van der Waals surface area contributed by atoms with E-state index in [1.807, 2.05) is 38.7 Å². The van der Waals surface area contributed by atoms with Crippen molar-refractivity contribution in [3.05, 3.63) is 17.5 Å². The van der Waals surface area contributed by atoms with Gasteiger partial charge >= 0.3 is 6.09 Å². The molecule has 6 heteroatoms. The molecule has 3 atom stereocenters. The topological polar surface area (TPSA) is 68.2 Å². The van der Waals surface area contributed by atoms with Crippen LogP contribution in [0.1, 0.15) is 70.7 Å². The van der Waals surface area contributed by atoms with Gasteiger partial charge in [-0.3, -0.25) is 4.68 Å². The van der Waals surface area contributed by atoms with E-state index in [-0.39, 0.29) is 24.2 Å². The SMILES string of the molecule is Cc1c([C@@H](C)N[C@@H]2CCCC[C@H]2NC(=O)OC(C)(C)C)cnn1C. The fourth-order valence-electron chi connectivity index (χ4n) is 3.31. The van der Waals surface area contributed by atoms with Crippen LogP contribution in [-0.2, 0) is 11.8 Å². The molecule has 1 aliphatic carbocycles. The molecule has 136 valence electrons. The maximum absolute atomic E-state index is 12.1. The minimum Gasteiger partial charge on any atom is -0.444 e. The van der Waals surface area contributed by atoms with E-state index in [2.05, 4.69) is 29.6 Å². The highest BCUT2D eigenvalue weighted by molar-refractivity contribution is 5.68. The van der Waals surface area contributed by atoms with Gasteiger partial charge in [-0.2, -0.15) is 5.10 Å². The number of nitrogens with zero attached hydrogens (tertiary/aromatic N) is 2. The van der Waals surface area contributed by atoms with Crippen LogP contribution in [0.2, 0.25) is 0 Å². The Hall–Kier alpha value is -1.56. The molecular weight excluding hydrogens is 304 g/mol. The Balaban J connectivity index is 1.98. The summed E-state index contributed by atoms with van der Waals surface area (Å²) in [5.41, 5.74) is 1.91. The van der Waals surface area contributed by atoms with Crippen LogP contribution in [0.3, 0.4) is 0 Å². The van der Waals surface area contributed by atoms with Crippen molar-refractivity contribution >= 4 is 6.09 Å². The molecule has 0 spiro atoms. The molecule has 6 nitrogen and oxygen atoms in total. The average Bonchev–Trinajstić information content (AvgIpc) is 2.79. The summed E-state index contributed by atoms with van der Waals surface area (Å²) in [7, 11) is 1.96. The number of ether oxygens (including phenoxy) is 1. The molecule has 2 N–H and O–H groups in total. The first kappa shape index (κ1) is 18.8. The molecule has 24 heavy (non-hydrogen) atoms. The van der Waals surface area contributed by atoms with Crippen molar-refractivity contribution in [1.29, 1.82) is 0 Å². The van der Waals surface area contributed by atoms with Crippen molar-refractivity contribution in [3.63, 3.8) is 0 Å². The number of carbonyl (C=O) groups is 1. The van der Waals surface area contributed by atoms with Gasteiger partial charge in [0.2, 0.25) is 0 Å². The van der Waals surface area contributed by atoms with Crippen molar-refractivity contribution in [2.24, 2.45) is 7.05 Å². The zero-order valence-electron chi connectivity index (χ0n) is 15.8. The molecule has 1 amide bonds. The summed E-state index contributed by atoms with van der Waals surface area (Å²) in [6.07, 6.45) is 5.96. The summed E-state index contributed by atoms with van der Waals surface area (Å²) in [4.78, 5) is 12.1. The number of rotatable bonds is 4. The molecule has 1 aromatic rings. The van der Waals surface area contributed by atoms with Gasteiger partial charge in [-0.15, -0.1) is 0 Å². The Morgan fingerprint density at radius 2 is 1.96 bits per heavy atom. The Bertz CT molecular complexity index is 562. The molecule has 0 saturated heterocycles. The molecule has 1 saturated carbocycles. The molecule has 0 aliphatic heterocycles.